The van der Waals surface area contributed by atoms with E-state index in [1.807, 2.05) is 12.3 Å². The van der Waals surface area contributed by atoms with Crippen molar-refractivity contribution < 1.29 is 0 Å². The highest BCUT2D eigenvalue weighted by molar-refractivity contribution is 5.02. The van der Waals surface area contributed by atoms with E-state index in [9.17, 15) is 0 Å². The molecular weight excluding hydrogens is 246 g/mol. The summed E-state index contributed by atoms with van der Waals surface area (Å²) in [7, 11) is 0. The number of fused-ring (bicyclic) bond motifs is 1. The number of piperidine rings is 1. The van der Waals surface area contributed by atoms with Crippen LogP contribution in [0.1, 0.15) is 37.8 Å². The maximum absolute atomic E-state index is 4.34. The van der Waals surface area contributed by atoms with Crippen molar-refractivity contribution in [3.05, 3.63) is 30.1 Å². The van der Waals surface area contributed by atoms with Crippen LogP contribution in [0.3, 0.4) is 0 Å². The summed E-state index contributed by atoms with van der Waals surface area (Å²) in [6.07, 6.45) is 9.22. The fraction of sp³-hybridized carbons (Fsp3) is 0.706. The summed E-state index contributed by atoms with van der Waals surface area (Å²) in [4.78, 5) is 7.01. The largest absolute Gasteiger partial charge is 0.310 e. The minimum atomic E-state index is 0.890. The molecule has 0 spiro atoms. The molecule has 2 fully saturated rings. The Bertz CT molecular complexity index is 392. The van der Waals surface area contributed by atoms with Gasteiger partial charge in [-0.05, 0) is 43.4 Å². The molecule has 3 rings (SSSR count). The van der Waals surface area contributed by atoms with Crippen LogP contribution < -0.4 is 5.32 Å². The number of hydrogen-bond acceptors (Lipinski definition) is 3. The molecule has 2 heterocycles. The number of nitrogens with zero attached hydrogens (tertiary/aromatic N) is 2. The highest BCUT2D eigenvalue weighted by Crippen LogP contribution is 2.35. The Balaban J connectivity index is 1.35. The van der Waals surface area contributed by atoms with Gasteiger partial charge in [-0.15, -0.1) is 0 Å². The van der Waals surface area contributed by atoms with Gasteiger partial charge in [0.05, 0.1) is 5.69 Å². The lowest BCUT2D eigenvalue weighted by Gasteiger charge is -2.41. The van der Waals surface area contributed by atoms with Gasteiger partial charge in [0.2, 0.25) is 0 Å². The van der Waals surface area contributed by atoms with Gasteiger partial charge in [0.1, 0.15) is 0 Å². The van der Waals surface area contributed by atoms with E-state index in [2.05, 4.69) is 27.3 Å². The predicted molar refractivity (Wildman–Crippen MR) is 82.4 cm³/mol. The van der Waals surface area contributed by atoms with Crippen LogP contribution >= 0.6 is 0 Å². The smallest absolute Gasteiger partial charge is 0.0541 e. The van der Waals surface area contributed by atoms with E-state index >= 15 is 0 Å². The molecule has 0 bridgehead atoms. The molecule has 1 aliphatic carbocycles. The molecule has 0 radical (unpaired) electrons. The first-order chi connectivity index (χ1) is 9.92. The highest BCUT2D eigenvalue weighted by atomic mass is 15.1. The third-order valence-corrected chi connectivity index (χ3v) is 5.01. The topological polar surface area (TPSA) is 28.2 Å². The molecule has 3 nitrogen and oxygen atoms in total. The Morgan fingerprint density at radius 2 is 2.05 bits per heavy atom. The van der Waals surface area contributed by atoms with E-state index in [1.165, 1.54) is 51.7 Å². The molecule has 110 valence electrons. The van der Waals surface area contributed by atoms with Crippen molar-refractivity contribution in [3.8, 4) is 0 Å². The van der Waals surface area contributed by atoms with Crippen LogP contribution in [0.25, 0.3) is 0 Å². The SMILES string of the molecule is c1ccc(CNCCN2CCC3CCCCC3C2)nc1. The number of hydrogen-bond donors (Lipinski definition) is 1. The number of rotatable bonds is 5. The van der Waals surface area contributed by atoms with Crippen molar-refractivity contribution >= 4 is 0 Å². The maximum Gasteiger partial charge on any atom is 0.0541 e. The first-order valence-corrected chi connectivity index (χ1v) is 8.25. The summed E-state index contributed by atoms with van der Waals surface area (Å²) in [5, 5.41) is 3.52. The Labute approximate surface area is 122 Å². The van der Waals surface area contributed by atoms with Crippen LogP contribution in [-0.2, 0) is 6.54 Å². The monoisotopic (exact) mass is 273 g/mol. The van der Waals surface area contributed by atoms with Crippen molar-refractivity contribution in [1.29, 1.82) is 0 Å². The summed E-state index contributed by atoms with van der Waals surface area (Å²) in [5.74, 6) is 2.04. The van der Waals surface area contributed by atoms with Crippen LogP contribution in [0.4, 0.5) is 0 Å². The Morgan fingerprint density at radius 1 is 1.15 bits per heavy atom. The van der Waals surface area contributed by atoms with Gasteiger partial charge in [-0.1, -0.05) is 25.3 Å². The van der Waals surface area contributed by atoms with Crippen LogP contribution in [0, 0.1) is 11.8 Å². The standard InChI is InChI=1S/C17H27N3/c1-2-6-16-14-20(11-8-15(16)5-1)12-10-18-13-17-7-3-4-9-19-17/h3-4,7,9,15-16,18H,1-2,5-6,8,10-14H2. The first kappa shape index (κ1) is 14.0. The van der Waals surface area contributed by atoms with Crippen LogP contribution in [0.2, 0.25) is 0 Å². The molecular formula is C17H27N3. The molecule has 2 unspecified atom stereocenters. The van der Waals surface area contributed by atoms with Gasteiger partial charge in [0, 0.05) is 32.4 Å². The fourth-order valence-corrected chi connectivity index (χ4v) is 3.84. The van der Waals surface area contributed by atoms with Crippen molar-refractivity contribution in [1.82, 2.24) is 15.2 Å². The van der Waals surface area contributed by atoms with Gasteiger partial charge in [-0.3, -0.25) is 4.98 Å². The van der Waals surface area contributed by atoms with Crippen LogP contribution in [-0.4, -0.2) is 36.1 Å². The molecule has 1 aliphatic heterocycles. The Hall–Kier alpha value is -0.930. The molecule has 1 saturated carbocycles. The van der Waals surface area contributed by atoms with Crippen molar-refractivity contribution in [2.24, 2.45) is 11.8 Å². The van der Waals surface area contributed by atoms with E-state index < -0.39 is 0 Å². The zero-order chi connectivity index (χ0) is 13.6. The number of nitrogens with one attached hydrogen (secondary N) is 1. The molecule has 2 aliphatic rings. The summed E-state index contributed by atoms with van der Waals surface area (Å²) in [6.45, 7) is 5.81. The molecule has 1 aromatic rings. The zero-order valence-electron chi connectivity index (χ0n) is 12.4. The maximum atomic E-state index is 4.34. The molecule has 1 N–H and O–H groups in total. The van der Waals surface area contributed by atoms with E-state index in [4.69, 9.17) is 0 Å². The lowest BCUT2D eigenvalue weighted by molar-refractivity contribution is 0.0875. The second-order valence-electron chi connectivity index (χ2n) is 6.39. The normalized spacial score (nSPS) is 27.2. The van der Waals surface area contributed by atoms with E-state index in [0.29, 0.717) is 0 Å². The molecule has 1 aromatic heterocycles. The molecule has 0 amide bonds. The average molecular weight is 273 g/mol. The Morgan fingerprint density at radius 3 is 2.90 bits per heavy atom. The molecule has 1 saturated heterocycles. The second kappa shape index (κ2) is 7.19. The fourth-order valence-electron chi connectivity index (χ4n) is 3.84. The zero-order valence-corrected chi connectivity index (χ0v) is 12.4. The third kappa shape index (κ3) is 3.80. The van der Waals surface area contributed by atoms with Gasteiger partial charge in [0.25, 0.3) is 0 Å². The highest BCUT2D eigenvalue weighted by Gasteiger charge is 2.30. The lowest BCUT2D eigenvalue weighted by Crippen LogP contribution is -2.44. The second-order valence-corrected chi connectivity index (χ2v) is 6.39. The van der Waals surface area contributed by atoms with E-state index in [1.54, 1.807) is 0 Å². The third-order valence-electron chi connectivity index (χ3n) is 5.01. The van der Waals surface area contributed by atoms with E-state index in [0.717, 1.165) is 30.6 Å². The quantitative estimate of drug-likeness (QED) is 0.836. The summed E-state index contributed by atoms with van der Waals surface area (Å²) in [5.41, 5.74) is 1.14. The minimum Gasteiger partial charge on any atom is -0.310 e. The van der Waals surface area contributed by atoms with Gasteiger partial charge in [-0.25, -0.2) is 0 Å². The van der Waals surface area contributed by atoms with Gasteiger partial charge in [0.15, 0.2) is 0 Å². The first-order valence-electron chi connectivity index (χ1n) is 8.25. The predicted octanol–water partition coefficient (Wildman–Crippen LogP) is 2.68. The van der Waals surface area contributed by atoms with Gasteiger partial charge >= 0.3 is 0 Å². The van der Waals surface area contributed by atoms with Crippen molar-refractivity contribution in [2.75, 3.05) is 26.2 Å². The average Bonchev–Trinajstić information content (AvgIpc) is 2.52. The van der Waals surface area contributed by atoms with Crippen LogP contribution in [0.5, 0.6) is 0 Å². The molecule has 2 atom stereocenters. The van der Waals surface area contributed by atoms with Crippen LogP contribution in [0.15, 0.2) is 24.4 Å². The summed E-state index contributed by atoms with van der Waals surface area (Å²) < 4.78 is 0. The van der Waals surface area contributed by atoms with Gasteiger partial charge < -0.3 is 10.2 Å². The van der Waals surface area contributed by atoms with Gasteiger partial charge in [-0.2, -0.15) is 0 Å². The number of pyridine rings is 1. The molecule has 20 heavy (non-hydrogen) atoms. The minimum absolute atomic E-state index is 0.890. The lowest BCUT2D eigenvalue weighted by atomic mass is 9.75. The molecule has 0 aromatic carbocycles. The van der Waals surface area contributed by atoms with Crippen molar-refractivity contribution in [3.63, 3.8) is 0 Å². The summed E-state index contributed by atoms with van der Waals surface area (Å²) in [6, 6.07) is 6.11. The van der Waals surface area contributed by atoms with E-state index in [-0.39, 0.29) is 0 Å². The number of aromatic nitrogens is 1. The molecule has 3 heteroatoms. The summed E-state index contributed by atoms with van der Waals surface area (Å²) >= 11 is 0. The van der Waals surface area contributed by atoms with Crippen molar-refractivity contribution in [2.45, 2.75) is 38.6 Å². The Kier molecular flexibility index (Phi) is 5.04. The number of likely N-dealkylation sites (tertiary alicyclic amines) is 1.